The van der Waals surface area contributed by atoms with Crippen LogP contribution in [-0.2, 0) is 0 Å². The molecular weight excluding hydrogens is 152 g/mol. The second-order valence-corrected chi connectivity index (χ2v) is 3.46. The number of nitriles is 1. The Kier molecular flexibility index (Phi) is 2.68. The Labute approximate surface area is 72.4 Å². The zero-order valence-electron chi connectivity index (χ0n) is 7.07. The molecule has 0 saturated heterocycles. The topological polar surface area (TPSA) is 48.4 Å². The molecule has 0 aliphatic heterocycles. The molecule has 3 nitrogen and oxygen atoms in total. The van der Waals surface area contributed by atoms with Crippen molar-refractivity contribution in [2.24, 2.45) is 17.8 Å². The fourth-order valence-corrected chi connectivity index (χ4v) is 1.88. The van der Waals surface area contributed by atoms with Crippen molar-refractivity contribution in [1.29, 1.82) is 5.26 Å². The van der Waals surface area contributed by atoms with Gasteiger partial charge in [-0.3, -0.25) is 0 Å². The first-order valence-electron chi connectivity index (χ1n) is 4.11. The molecule has 0 radical (unpaired) electrons. The van der Waals surface area contributed by atoms with E-state index in [0.717, 1.165) is 6.42 Å². The van der Waals surface area contributed by atoms with E-state index in [0.29, 0.717) is 6.54 Å². The van der Waals surface area contributed by atoms with Crippen molar-refractivity contribution in [3.05, 3.63) is 11.4 Å². The first-order chi connectivity index (χ1) is 5.70. The maximum absolute atomic E-state index is 9.53. The van der Waals surface area contributed by atoms with Gasteiger partial charge in [0.2, 0.25) is 6.54 Å². The summed E-state index contributed by atoms with van der Waals surface area (Å²) in [6, 6.07) is 2.09. The van der Waals surface area contributed by atoms with Gasteiger partial charge in [0.25, 0.3) is 0 Å². The summed E-state index contributed by atoms with van der Waals surface area (Å²) in [6.07, 6.45) is 0.281. The summed E-state index contributed by atoms with van der Waals surface area (Å²) in [6.45, 7) is 9.00. The van der Waals surface area contributed by atoms with Crippen LogP contribution in [0.2, 0.25) is 0 Å². The summed E-state index contributed by atoms with van der Waals surface area (Å²) in [5, 5.41) is 18.3. The molecule has 0 aromatic heterocycles. The van der Waals surface area contributed by atoms with Crippen LogP contribution >= 0.6 is 0 Å². The standard InChI is InChI=1S/C9H12N2O/c1-6-3-7(5-11-2)8(4-10)9(6)12/h6-9,12H,3,5H2,1H3/t6-,7-,8?,9+/m1/s1. The van der Waals surface area contributed by atoms with E-state index in [1.807, 2.05) is 6.92 Å². The van der Waals surface area contributed by atoms with Crippen molar-refractivity contribution >= 4 is 0 Å². The summed E-state index contributed by atoms with van der Waals surface area (Å²) < 4.78 is 0. The van der Waals surface area contributed by atoms with Crippen LogP contribution in [-0.4, -0.2) is 17.8 Å². The fourth-order valence-electron chi connectivity index (χ4n) is 1.88. The molecule has 1 saturated carbocycles. The van der Waals surface area contributed by atoms with E-state index in [4.69, 9.17) is 11.8 Å². The van der Waals surface area contributed by atoms with E-state index in [2.05, 4.69) is 10.9 Å². The van der Waals surface area contributed by atoms with Crippen LogP contribution in [0, 0.1) is 35.7 Å². The predicted octanol–water partition coefficient (Wildman–Crippen LogP) is 1.06. The van der Waals surface area contributed by atoms with Gasteiger partial charge in [-0.25, -0.2) is 6.57 Å². The van der Waals surface area contributed by atoms with E-state index in [1.165, 1.54) is 0 Å². The molecule has 0 aromatic carbocycles. The van der Waals surface area contributed by atoms with Gasteiger partial charge in [-0.2, -0.15) is 5.26 Å². The first-order valence-corrected chi connectivity index (χ1v) is 4.11. The largest absolute Gasteiger partial charge is 0.391 e. The molecule has 1 aliphatic rings. The number of aliphatic hydroxyl groups excluding tert-OH is 1. The second kappa shape index (κ2) is 3.56. The van der Waals surface area contributed by atoms with Gasteiger partial charge in [0.15, 0.2) is 0 Å². The van der Waals surface area contributed by atoms with Gasteiger partial charge in [0, 0.05) is 0 Å². The molecule has 0 heterocycles. The second-order valence-electron chi connectivity index (χ2n) is 3.46. The van der Waals surface area contributed by atoms with Gasteiger partial charge in [0.1, 0.15) is 0 Å². The average Bonchev–Trinajstić information content (AvgIpc) is 2.29. The monoisotopic (exact) mass is 164 g/mol. The lowest BCUT2D eigenvalue weighted by Crippen LogP contribution is -2.21. The van der Waals surface area contributed by atoms with Crippen LogP contribution in [0.15, 0.2) is 0 Å². The molecule has 1 fully saturated rings. The summed E-state index contributed by atoms with van der Waals surface area (Å²) in [5.74, 6) is -0.0759. The molecule has 0 aromatic rings. The van der Waals surface area contributed by atoms with Crippen LogP contribution in [0.1, 0.15) is 13.3 Å². The van der Waals surface area contributed by atoms with Crippen molar-refractivity contribution in [3.63, 3.8) is 0 Å². The Bertz CT molecular complexity index is 238. The Balaban J connectivity index is 2.68. The van der Waals surface area contributed by atoms with E-state index in [-0.39, 0.29) is 17.8 Å². The zero-order chi connectivity index (χ0) is 9.14. The van der Waals surface area contributed by atoms with Crippen LogP contribution in [0.5, 0.6) is 0 Å². The fraction of sp³-hybridized carbons (Fsp3) is 0.778. The molecule has 12 heavy (non-hydrogen) atoms. The van der Waals surface area contributed by atoms with Crippen molar-refractivity contribution in [2.75, 3.05) is 6.54 Å². The molecule has 4 atom stereocenters. The molecule has 3 heteroatoms. The molecule has 0 amide bonds. The number of aliphatic hydroxyl groups is 1. The Morgan fingerprint density at radius 1 is 1.75 bits per heavy atom. The van der Waals surface area contributed by atoms with Crippen LogP contribution in [0.4, 0.5) is 0 Å². The lowest BCUT2D eigenvalue weighted by atomic mass is 9.97. The zero-order valence-corrected chi connectivity index (χ0v) is 7.07. The summed E-state index contributed by atoms with van der Waals surface area (Å²) >= 11 is 0. The minimum Gasteiger partial charge on any atom is -0.391 e. The van der Waals surface area contributed by atoms with Gasteiger partial charge in [0.05, 0.1) is 24.0 Å². The van der Waals surface area contributed by atoms with Gasteiger partial charge >= 0.3 is 0 Å². The minimum absolute atomic E-state index is 0.0810. The molecule has 0 bridgehead atoms. The lowest BCUT2D eigenvalue weighted by Gasteiger charge is -2.10. The maximum atomic E-state index is 9.53. The third-order valence-corrected chi connectivity index (χ3v) is 2.61. The number of nitrogens with zero attached hydrogens (tertiary/aromatic N) is 2. The van der Waals surface area contributed by atoms with Gasteiger partial charge in [-0.1, -0.05) is 6.92 Å². The van der Waals surface area contributed by atoms with Gasteiger partial charge in [-0.15, -0.1) is 0 Å². The molecule has 1 N–H and O–H groups in total. The maximum Gasteiger partial charge on any atom is 0.218 e. The molecule has 64 valence electrons. The van der Waals surface area contributed by atoms with Crippen LogP contribution in [0.3, 0.4) is 0 Å². The lowest BCUT2D eigenvalue weighted by molar-refractivity contribution is 0.113. The first kappa shape index (κ1) is 9.03. The SMILES string of the molecule is [C-]#[N+]C[C@H]1C[C@@H](C)[C@H](O)C1C#N. The Morgan fingerprint density at radius 3 is 2.92 bits per heavy atom. The smallest absolute Gasteiger partial charge is 0.218 e. The minimum atomic E-state index is -0.526. The van der Waals surface area contributed by atoms with Crippen molar-refractivity contribution in [2.45, 2.75) is 19.4 Å². The normalized spacial score (nSPS) is 40.3. The van der Waals surface area contributed by atoms with Crippen LogP contribution in [0.25, 0.3) is 4.85 Å². The van der Waals surface area contributed by atoms with Crippen molar-refractivity contribution in [3.8, 4) is 6.07 Å². The van der Waals surface area contributed by atoms with Gasteiger partial charge < -0.3 is 9.95 Å². The number of hydrogen-bond donors (Lipinski definition) is 1. The van der Waals surface area contributed by atoms with Crippen molar-refractivity contribution in [1.82, 2.24) is 0 Å². The van der Waals surface area contributed by atoms with E-state index in [1.54, 1.807) is 0 Å². The third-order valence-electron chi connectivity index (χ3n) is 2.61. The van der Waals surface area contributed by atoms with Gasteiger partial charge in [-0.05, 0) is 12.3 Å². The highest BCUT2D eigenvalue weighted by molar-refractivity contribution is 5.02. The Morgan fingerprint density at radius 2 is 2.42 bits per heavy atom. The quantitative estimate of drug-likeness (QED) is 0.589. The number of rotatable bonds is 1. The average molecular weight is 164 g/mol. The summed E-state index contributed by atoms with van der Waals surface area (Å²) in [5.41, 5.74) is 0. The molecule has 1 unspecified atom stereocenters. The van der Waals surface area contributed by atoms with Crippen molar-refractivity contribution < 1.29 is 5.11 Å². The van der Waals surface area contributed by atoms with Crippen LogP contribution < -0.4 is 0 Å². The Hall–Kier alpha value is -1.06. The molecular formula is C9H12N2O. The highest BCUT2D eigenvalue weighted by Crippen LogP contribution is 2.36. The highest BCUT2D eigenvalue weighted by atomic mass is 16.3. The molecule has 1 aliphatic carbocycles. The predicted molar refractivity (Wildman–Crippen MR) is 43.8 cm³/mol. The van der Waals surface area contributed by atoms with E-state index >= 15 is 0 Å². The summed E-state index contributed by atoms with van der Waals surface area (Å²) in [7, 11) is 0. The molecule has 1 rings (SSSR count). The van der Waals surface area contributed by atoms with E-state index in [9.17, 15) is 5.11 Å². The summed E-state index contributed by atoms with van der Waals surface area (Å²) in [4.78, 5) is 3.27. The highest BCUT2D eigenvalue weighted by Gasteiger charge is 2.41. The number of hydrogen-bond acceptors (Lipinski definition) is 2. The van der Waals surface area contributed by atoms with E-state index < -0.39 is 6.10 Å². The third kappa shape index (κ3) is 1.42. The molecule has 0 spiro atoms.